The predicted octanol–water partition coefficient (Wildman–Crippen LogP) is 2.73. The van der Waals surface area contributed by atoms with Gasteiger partial charge in [-0.3, -0.25) is 0 Å². The quantitative estimate of drug-likeness (QED) is 0.585. The highest BCUT2D eigenvalue weighted by Crippen LogP contribution is 2.50. The van der Waals surface area contributed by atoms with Crippen molar-refractivity contribution in [2.45, 2.75) is 52.0 Å². The SMILES string of the molecule is CCOC(=O)N1CCC2(CC(N3CCC(C(C)=NOC)CC3)C2)C1. The zero-order chi connectivity index (χ0) is 17.2. The van der Waals surface area contributed by atoms with E-state index >= 15 is 0 Å². The van der Waals surface area contributed by atoms with Crippen LogP contribution in [0.2, 0.25) is 0 Å². The van der Waals surface area contributed by atoms with E-state index in [1.807, 2.05) is 11.8 Å². The maximum absolute atomic E-state index is 11.9. The van der Waals surface area contributed by atoms with Crippen LogP contribution in [-0.2, 0) is 9.57 Å². The minimum atomic E-state index is -0.133. The van der Waals surface area contributed by atoms with E-state index in [0.29, 0.717) is 24.0 Å². The minimum Gasteiger partial charge on any atom is -0.450 e. The fraction of sp³-hybridized carbons (Fsp3) is 0.889. The van der Waals surface area contributed by atoms with Crippen molar-refractivity contribution in [3.8, 4) is 0 Å². The standard InChI is InChI=1S/C18H31N3O3/c1-4-24-17(22)21-10-7-18(13-21)11-16(12-18)20-8-5-15(6-9-20)14(2)19-23-3/h15-16H,4-13H2,1-3H3. The molecule has 3 rings (SSSR count). The molecule has 0 atom stereocenters. The van der Waals surface area contributed by atoms with E-state index in [9.17, 15) is 4.79 Å². The monoisotopic (exact) mass is 337 g/mol. The molecule has 0 radical (unpaired) electrons. The molecule has 6 heteroatoms. The van der Waals surface area contributed by atoms with Crippen LogP contribution < -0.4 is 0 Å². The minimum absolute atomic E-state index is 0.133. The second-order valence-corrected chi connectivity index (χ2v) is 7.66. The van der Waals surface area contributed by atoms with Crippen molar-refractivity contribution in [3.05, 3.63) is 0 Å². The smallest absolute Gasteiger partial charge is 0.409 e. The molecular weight excluding hydrogens is 306 g/mol. The maximum Gasteiger partial charge on any atom is 0.409 e. The number of oxime groups is 1. The summed E-state index contributed by atoms with van der Waals surface area (Å²) < 4.78 is 5.14. The second-order valence-electron chi connectivity index (χ2n) is 7.66. The molecule has 6 nitrogen and oxygen atoms in total. The molecule has 0 aromatic carbocycles. The van der Waals surface area contributed by atoms with Gasteiger partial charge in [0.1, 0.15) is 7.11 Å². The van der Waals surface area contributed by atoms with Crippen molar-refractivity contribution >= 4 is 11.8 Å². The van der Waals surface area contributed by atoms with Gasteiger partial charge < -0.3 is 19.4 Å². The van der Waals surface area contributed by atoms with Gasteiger partial charge in [-0.25, -0.2) is 4.79 Å². The molecule has 0 unspecified atom stereocenters. The average molecular weight is 337 g/mol. The first-order valence-corrected chi connectivity index (χ1v) is 9.30. The molecule has 3 fully saturated rings. The number of likely N-dealkylation sites (tertiary alicyclic amines) is 2. The van der Waals surface area contributed by atoms with Gasteiger partial charge in [0.05, 0.1) is 12.3 Å². The largest absolute Gasteiger partial charge is 0.450 e. The van der Waals surface area contributed by atoms with Gasteiger partial charge in [0.15, 0.2) is 0 Å². The van der Waals surface area contributed by atoms with E-state index in [2.05, 4.69) is 17.0 Å². The van der Waals surface area contributed by atoms with Crippen molar-refractivity contribution in [2.75, 3.05) is 39.9 Å². The van der Waals surface area contributed by atoms with E-state index in [-0.39, 0.29) is 6.09 Å². The van der Waals surface area contributed by atoms with E-state index in [1.165, 1.54) is 25.7 Å². The van der Waals surface area contributed by atoms with Gasteiger partial charge in [-0.1, -0.05) is 5.16 Å². The van der Waals surface area contributed by atoms with Crippen LogP contribution in [0.25, 0.3) is 0 Å². The van der Waals surface area contributed by atoms with Crippen LogP contribution in [0.5, 0.6) is 0 Å². The zero-order valence-electron chi connectivity index (χ0n) is 15.3. The molecule has 1 spiro atoms. The number of carbonyl (C=O) groups is 1. The Hall–Kier alpha value is -1.30. The van der Waals surface area contributed by atoms with Crippen molar-refractivity contribution in [2.24, 2.45) is 16.5 Å². The van der Waals surface area contributed by atoms with Gasteiger partial charge in [-0.15, -0.1) is 0 Å². The molecule has 0 aromatic rings. The molecule has 0 N–H and O–H groups in total. The summed E-state index contributed by atoms with van der Waals surface area (Å²) in [6, 6.07) is 0.702. The highest BCUT2D eigenvalue weighted by molar-refractivity contribution is 5.83. The van der Waals surface area contributed by atoms with Gasteiger partial charge in [-0.2, -0.15) is 0 Å². The van der Waals surface area contributed by atoms with Gasteiger partial charge in [0.2, 0.25) is 0 Å². The first kappa shape index (κ1) is 17.5. The van der Waals surface area contributed by atoms with Crippen LogP contribution in [0.4, 0.5) is 4.79 Å². The summed E-state index contributed by atoms with van der Waals surface area (Å²) in [6.07, 6.45) is 5.83. The molecule has 1 saturated carbocycles. The molecule has 2 saturated heterocycles. The molecule has 0 bridgehead atoms. The van der Waals surface area contributed by atoms with Crippen LogP contribution in [0.15, 0.2) is 5.16 Å². The van der Waals surface area contributed by atoms with Gasteiger partial charge >= 0.3 is 6.09 Å². The van der Waals surface area contributed by atoms with Gasteiger partial charge in [-0.05, 0) is 64.5 Å². The Morgan fingerprint density at radius 1 is 1.25 bits per heavy atom. The lowest BCUT2D eigenvalue weighted by atomic mass is 9.64. The highest BCUT2D eigenvalue weighted by atomic mass is 16.6. The number of piperidine rings is 1. The molecule has 0 aromatic heterocycles. The first-order valence-electron chi connectivity index (χ1n) is 9.30. The third-order valence-corrected chi connectivity index (χ3v) is 6.17. The number of amides is 1. The normalized spacial score (nSPS) is 32.0. The maximum atomic E-state index is 11.9. The summed E-state index contributed by atoms with van der Waals surface area (Å²) in [5, 5.41) is 4.10. The topological polar surface area (TPSA) is 54.4 Å². The Morgan fingerprint density at radius 2 is 1.96 bits per heavy atom. The van der Waals surface area contributed by atoms with Crippen molar-refractivity contribution in [1.82, 2.24) is 9.80 Å². The number of hydrogen-bond donors (Lipinski definition) is 0. The van der Waals surface area contributed by atoms with Crippen LogP contribution in [0.3, 0.4) is 0 Å². The van der Waals surface area contributed by atoms with E-state index in [0.717, 1.165) is 38.3 Å². The van der Waals surface area contributed by atoms with Gasteiger partial charge in [0.25, 0.3) is 0 Å². The Labute approximate surface area is 145 Å². The average Bonchev–Trinajstić information content (AvgIpc) is 3.00. The highest BCUT2D eigenvalue weighted by Gasteiger charge is 2.51. The summed E-state index contributed by atoms with van der Waals surface area (Å²) in [5.41, 5.74) is 1.49. The number of nitrogens with zero attached hydrogens (tertiary/aromatic N) is 3. The molecule has 136 valence electrons. The van der Waals surface area contributed by atoms with E-state index in [4.69, 9.17) is 9.57 Å². The number of rotatable bonds is 4. The van der Waals surface area contributed by atoms with Crippen molar-refractivity contribution in [3.63, 3.8) is 0 Å². The number of ether oxygens (including phenoxy) is 1. The lowest BCUT2D eigenvalue weighted by Gasteiger charge is -2.51. The van der Waals surface area contributed by atoms with Crippen LogP contribution in [0.1, 0.15) is 46.0 Å². The van der Waals surface area contributed by atoms with Crippen LogP contribution in [0, 0.1) is 11.3 Å². The van der Waals surface area contributed by atoms with Gasteiger partial charge in [0, 0.05) is 25.0 Å². The predicted molar refractivity (Wildman–Crippen MR) is 93.1 cm³/mol. The third kappa shape index (κ3) is 3.53. The summed E-state index contributed by atoms with van der Waals surface area (Å²) >= 11 is 0. The molecule has 2 heterocycles. The van der Waals surface area contributed by atoms with E-state index in [1.54, 1.807) is 7.11 Å². The molecule has 2 aliphatic heterocycles. The molecule has 1 aliphatic carbocycles. The lowest BCUT2D eigenvalue weighted by Crippen LogP contribution is -2.54. The summed E-state index contributed by atoms with van der Waals surface area (Å²) in [4.78, 5) is 21.3. The summed E-state index contributed by atoms with van der Waals surface area (Å²) in [6.45, 7) is 8.47. The lowest BCUT2D eigenvalue weighted by molar-refractivity contribution is -0.00559. The molecule has 3 aliphatic rings. The fourth-order valence-electron chi connectivity index (χ4n) is 4.74. The molecule has 1 amide bonds. The molecular formula is C18H31N3O3. The Bertz CT molecular complexity index is 480. The van der Waals surface area contributed by atoms with E-state index < -0.39 is 0 Å². The zero-order valence-corrected chi connectivity index (χ0v) is 15.3. The van der Waals surface area contributed by atoms with Crippen LogP contribution >= 0.6 is 0 Å². The number of carbonyl (C=O) groups excluding carboxylic acids is 1. The fourth-order valence-corrected chi connectivity index (χ4v) is 4.74. The van der Waals surface area contributed by atoms with Crippen molar-refractivity contribution < 1.29 is 14.4 Å². The Balaban J connectivity index is 1.43. The molecule has 24 heavy (non-hydrogen) atoms. The number of hydrogen-bond acceptors (Lipinski definition) is 5. The second kappa shape index (κ2) is 7.30. The Kier molecular flexibility index (Phi) is 5.33. The van der Waals surface area contributed by atoms with Crippen molar-refractivity contribution in [1.29, 1.82) is 0 Å². The Morgan fingerprint density at radius 3 is 2.58 bits per heavy atom. The summed E-state index contributed by atoms with van der Waals surface area (Å²) in [5.74, 6) is 0.570. The summed E-state index contributed by atoms with van der Waals surface area (Å²) in [7, 11) is 1.62. The first-order chi connectivity index (χ1) is 11.6. The van der Waals surface area contributed by atoms with Crippen LogP contribution in [-0.4, -0.2) is 67.5 Å². The third-order valence-electron chi connectivity index (χ3n) is 6.17.